The van der Waals surface area contributed by atoms with Crippen molar-refractivity contribution in [3.05, 3.63) is 35.4 Å². The normalized spacial score (nSPS) is 19.1. The molecule has 1 aromatic rings. The average molecular weight is 248 g/mol. The van der Waals surface area contributed by atoms with Gasteiger partial charge < -0.3 is 15.4 Å². The Morgan fingerprint density at radius 3 is 3.06 bits per heavy atom. The van der Waals surface area contributed by atoms with E-state index >= 15 is 0 Å². The highest BCUT2D eigenvalue weighted by Gasteiger charge is 2.23. The summed E-state index contributed by atoms with van der Waals surface area (Å²) < 4.78 is 4.99. The summed E-state index contributed by atoms with van der Waals surface area (Å²) in [6, 6.07) is 8.31. The molecule has 0 spiro atoms. The number of carbonyl (C=O) groups excluding carboxylic acids is 1. The van der Waals surface area contributed by atoms with E-state index in [2.05, 4.69) is 22.8 Å². The Kier molecular flexibility index (Phi) is 4.20. The van der Waals surface area contributed by atoms with Crippen LogP contribution in [0.1, 0.15) is 30.5 Å². The zero-order chi connectivity index (χ0) is 13.0. The Hall–Kier alpha value is -1.55. The molecule has 2 N–H and O–H groups in total. The molecule has 2 unspecified atom stereocenters. The number of methoxy groups -OCH3 is 1. The van der Waals surface area contributed by atoms with Crippen LogP contribution < -0.4 is 10.6 Å². The van der Waals surface area contributed by atoms with Crippen LogP contribution in [-0.2, 0) is 11.2 Å². The minimum atomic E-state index is -0.124. The van der Waals surface area contributed by atoms with Crippen LogP contribution in [0.25, 0.3) is 0 Å². The maximum absolute atomic E-state index is 11.8. The molecule has 2 rings (SSSR count). The van der Waals surface area contributed by atoms with E-state index in [4.69, 9.17) is 4.74 Å². The summed E-state index contributed by atoms with van der Waals surface area (Å²) in [6.07, 6.45) is 2.01. The maximum Gasteiger partial charge on any atom is 0.315 e. The van der Waals surface area contributed by atoms with Crippen LogP contribution in [0.4, 0.5) is 4.79 Å². The number of amides is 2. The molecule has 18 heavy (non-hydrogen) atoms. The van der Waals surface area contributed by atoms with E-state index in [-0.39, 0.29) is 18.1 Å². The fourth-order valence-corrected chi connectivity index (χ4v) is 2.42. The van der Waals surface area contributed by atoms with E-state index in [1.165, 1.54) is 11.1 Å². The van der Waals surface area contributed by atoms with E-state index in [0.29, 0.717) is 6.61 Å². The fourth-order valence-electron chi connectivity index (χ4n) is 2.42. The predicted octanol–water partition coefficient (Wildman–Crippen LogP) is 2.01. The standard InChI is InChI=1S/C14H20N2O2/c1-10(9-18-2)15-14(17)16-13-8-7-11-5-3-4-6-12(11)13/h3-6,10,13H,7-9H2,1-2H3,(H2,15,16,17). The van der Waals surface area contributed by atoms with Gasteiger partial charge in [-0.25, -0.2) is 4.79 Å². The van der Waals surface area contributed by atoms with Crippen molar-refractivity contribution in [2.75, 3.05) is 13.7 Å². The molecule has 1 aliphatic carbocycles. The molecule has 0 fully saturated rings. The van der Waals surface area contributed by atoms with Crippen LogP contribution >= 0.6 is 0 Å². The number of hydrogen-bond acceptors (Lipinski definition) is 2. The molecule has 0 bridgehead atoms. The van der Waals surface area contributed by atoms with Crippen molar-refractivity contribution >= 4 is 6.03 Å². The highest BCUT2D eigenvalue weighted by Crippen LogP contribution is 2.30. The molecular formula is C14H20N2O2. The van der Waals surface area contributed by atoms with Crippen molar-refractivity contribution in [2.24, 2.45) is 0 Å². The van der Waals surface area contributed by atoms with Crippen molar-refractivity contribution in [1.82, 2.24) is 10.6 Å². The molecule has 2 amide bonds. The molecule has 1 aromatic carbocycles. The first-order valence-electron chi connectivity index (χ1n) is 6.34. The number of aryl methyl sites for hydroxylation is 1. The molecule has 0 radical (unpaired) electrons. The predicted molar refractivity (Wildman–Crippen MR) is 70.5 cm³/mol. The summed E-state index contributed by atoms with van der Waals surface area (Å²) in [5.74, 6) is 0. The highest BCUT2D eigenvalue weighted by molar-refractivity contribution is 5.75. The maximum atomic E-state index is 11.8. The van der Waals surface area contributed by atoms with Crippen LogP contribution in [0.3, 0.4) is 0 Å². The SMILES string of the molecule is COCC(C)NC(=O)NC1CCc2ccccc21. The van der Waals surface area contributed by atoms with Gasteiger partial charge in [-0.2, -0.15) is 0 Å². The molecule has 1 aliphatic rings. The Balaban J connectivity index is 1.89. The lowest BCUT2D eigenvalue weighted by molar-refractivity contribution is 0.170. The first-order valence-corrected chi connectivity index (χ1v) is 6.34. The Bertz CT molecular complexity index is 420. The van der Waals surface area contributed by atoms with Gasteiger partial charge in [-0.15, -0.1) is 0 Å². The van der Waals surface area contributed by atoms with Crippen molar-refractivity contribution in [3.63, 3.8) is 0 Å². The van der Waals surface area contributed by atoms with Crippen LogP contribution in [0.2, 0.25) is 0 Å². The first-order chi connectivity index (χ1) is 8.70. The van der Waals surface area contributed by atoms with Gasteiger partial charge in [0.05, 0.1) is 18.7 Å². The average Bonchev–Trinajstić information content (AvgIpc) is 2.73. The van der Waals surface area contributed by atoms with Crippen molar-refractivity contribution in [3.8, 4) is 0 Å². The van der Waals surface area contributed by atoms with E-state index in [0.717, 1.165) is 12.8 Å². The topological polar surface area (TPSA) is 50.4 Å². The lowest BCUT2D eigenvalue weighted by Crippen LogP contribution is -2.43. The van der Waals surface area contributed by atoms with Crippen molar-refractivity contribution in [2.45, 2.75) is 31.8 Å². The second kappa shape index (κ2) is 5.87. The van der Waals surface area contributed by atoms with Crippen LogP contribution in [0.15, 0.2) is 24.3 Å². The smallest absolute Gasteiger partial charge is 0.315 e. The second-order valence-electron chi connectivity index (χ2n) is 4.76. The summed E-state index contributed by atoms with van der Waals surface area (Å²) >= 11 is 0. The van der Waals surface area contributed by atoms with Gasteiger partial charge in [0.2, 0.25) is 0 Å². The minimum absolute atomic E-state index is 0.0200. The van der Waals surface area contributed by atoms with Crippen molar-refractivity contribution in [1.29, 1.82) is 0 Å². The molecular weight excluding hydrogens is 228 g/mol. The Labute approximate surface area is 108 Å². The summed E-state index contributed by atoms with van der Waals surface area (Å²) in [5, 5.41) is 5.88. The van der Waals surface area contributed by atoms with Gasteiger partial charge in [-0.05, 0) is 30.9 Å². The third-order valence-electron chi connectivity index (χ3n) is 3.23. The van der Waals surface area contributed by atoms with Crippen molar-refractivity contribution < 1.29 is 9.53 Å². The molecule has 4 heteroatoms. The molecule has 0 saturated heterocycles. The van der Waals surface area contributed by atoms with Crippen LogP contribution in [0.5, 0.6) is 0 Å². The lowest BCUT2D eigenvalue weighted by Gasteiger charge is -2.18. The van der Waals surface area contributed by atoms with E-state index in [9.17, 15) is 4.79 Å². The van der Waals surface area contributed by atoms with E-state index in [1.54, 1.807) is 7.11 Å². The lowest BCUT2D eigenvalue weighted by atomic mass is 10.1. The van der Waals surface area contributed by atoms with Gasteiger partial charge in [-0.1, -0.05) is 24.3 Å². The van der Waals surface area contributed by atoms with Gasteiger partial charge in [0.25, 0.3) is 0 Å². The molecule has 0 aromatic heterocycles. The summed E-state index contributed by atoms with van der Waals surface area (Å²) in [6.45, 7) is 2.44. The molecule has 98 valence electrons. The van der Waals surface area contributed by atoms with Gasteiger partial charge in [-0.3, -0.25) is 0 Å². The number of nitrogens with one attached hydrogen (secondary N) is 2. The number of fused-ring (bicyclic) bond motifs is 1. The largest absolute Gasteiger partial charge is 0.383 e. The summed E-state index contributed by atoms with van der Waals surface area (Å²) in [7, 11) is 1.63. The van der Waals surface area contributed by atoms with Gasteiger partial charge in [0.15, 0.2) is 0 Å². The summed E-state index contributed by atoms with van der Waals surface area (Å²) in [5.41, 5.74) is 2.58. The zero-order valence-electron chi connectivity index (χ0n) is 10.9. The molecule has 0 heterocycles. The molecule has 0 aliphatic heterocycles. The molecule has 2 atom stereocenters. The van der Waals surface area contributed by atoms with Crippen LogP contribution in [-0.4, -0.2) is 25.8 Å². The summed E-state index contributed by atoms with van der Waals surface area (Å²) in [4.78, 5) is 11.8. The molecule has 4 nitrogen and oxygen atoms in total. The van der Waals surface area contributed by atoms with E-state index < -0.39 is 0 Å². The number of ether oxygens (including phenoxy) is 1. The number of urea groups is 1. The molecule has 0 saturated carbocycles. The Morgan fingerprint density at radius 2 is 2.28 bits per heavy atom. The van der Waals surface area contributed by atoms with Gasteiger partial charge >= 0.3 is 6.03 Å². The highest BCUT2D eigenvalue weighted by atomic mass is 16.5. The Morgan fingerprint density at radius 1 is 1.50 bits per heavy atom. The van der Waals surface area contributed by atoms with Gasteiger partial charge in [0.1, 0.15) is 0 Å². The second-order valence-corrected chi connectivity index (χ2v) is 4.76. The first kappa shape index (κ1) is 12.9. The number of rotatable bonds is 4. The third-order valence-corrected chi connectivity index (χ3v) is 3.23. The number of hydrogen-bond donors (Lipinski definition) is 2. The number of benzene rings is 1. The van der Waals surface area contributed by atoms with E-state index in [1.807, 2.05) is 19.1 Å². The zero-order valence-corrected chi connectivity index (χ0v) is 10.9. The minimum Gasteiger partial charge on any atom is -0.383 e. The van der Waals surface area contributed by atoms with Gasteiger partial charge in [0, 0.05) is 7.11 Å². The third kappa shape index (κ3) is 3.01. The monoisotopic (exact) mass is 248 g/mol. The number of carbonyl (C=O) groups is 1. The fraction of sp³-hybridized carbons (Fsp3) is 0.500. The quantitative estimate of drug-likeness (QED) is 0.856. The van der Waals surface area contributed by atoms with Crippen LogP contribution in [0, 0.1) is 0 Å².